The monoisotopic (exact) mass is 226 g/mol. The van der Waals surface area contributed by atoms with Crippen molar-refractivity contribution >= 4 is 11.6 Å². The van der Waals surface area contributed by atoms with Crippen molar-refractivity contribution in [3.05, 3.63) is 34.6 Å². The minimum atomic E-state index is -0.502. The minimum Gasteiger partial charge on any atom is -0.296 e. The van der Waals surface area contributed by atoms with Crippen molar-refractivity contribution < 1.29 is 4.39 Å². The van der Waals surface area contributed by atoms with Gasteiger partial charge in [-0.1, -0.05) is 17.7 Å². The highest BCUT2D eigenvalue weighted by atomic mass is 35.5. The lowest BCUT2D eigenvalue weighted by Gasteiger charge is -2.15. The van der Waals surface area contributed by atoms with Crippen LogP contribution in [0.5, 0.6) is 0 Å². The number of hydrogen-bond donors (Lipinski definition) is 1. The molecule has 1 aromatic carbocycles. The molecule has 4 heteroatoms. The molecule has 1 rings (SSSR count). The molecule has 0 aliphatic rings. The molecule has 0 spiro atoms. The number of nitrogens with zero attached hydrogens (tertiary/aromatic N) is 1. The molecule has 1 unspecified atom stereocenters. The van der Waals surface area contributed by atoms with E-state index in [2.05, 4.69) is 11.4 Å². The minimum absolute atomic E-state index is 0.163. The molecule has 0 fully saturated rings. The normalized spacial score (nSPS) is 12.5. The van der Waals surface area contributed by atoms with Gasteiger partial charge in [0.1, 0.15) is 11.9 Å². The van der Waals surface area contributed by atoms with Gasteiger partial charge in [0.15, 0.2) is 0 Å². The Balaban J connectivity index is 2.98. The zero-order valence-electron chi connectivity index (χ0n) is 8.59. The van der Waals surface area contributed by atoms with Crippen LogP contribution < -0.4 is 5.32 Å². The van der Waals surface area contributed by atoms with E-state index in [9.17, 15) is 4.39 Å². The van der Waals surface area contributed by atoms with Crippen LogP contribution in [-0.2, 0) is 0 Å². The summed E-state index contributed by atoms with van der Waals surface area (Å²) < 4.78 is 12.8. The molecule has 2 nitrogen and oxygen atoms in total. The highest BCUT2D eigenvalue weighted by Gasteiger charge is 2.14. The number of nitrogens with one attached hydrogen (secondary N) is 1. The standard InChI is InChI=1S/C11H12ClFN2/c1-7(2)15-11(6-14)9-4-3-8(13)5-10(9)12/h3-5,7,11,15H,1-2H3. The molecule has 0 aromatic heterocycles. The van der Waals surface area contributed by atoms with Crippen LogP contribution in [-0.4, -0.2) is 6.04 Å². The third kappa shape index (κ3) is 3.19. The molecule has 80 valence electrons. The maximum Gasteiger partial charge on any atom is 0.124 e. The van der Waals surface area contributed by atoms with Crippen molar-refractivity contribution in [2.45, 2.75) is 25.9 Å². The molecule has 1 atom stereocenters. The van der Waals surface area contributed by atoms with Crippen LogP contribution in [0.25, 0.3) is 0 Å². The van der Waals surface area contributed by atoms with Gasteiger partial charge in [-0.3, -0.25) is 5.32 Å². The van der Waals surface area contributed by atoms with Crippen molar-refractivity contribution in [2.75, 3.05) is 0 Å². The lowest BCUT2D eigenvalue weighted by Crippen LogP contribution is -2.27. The molecule has 1 aromatic rings. The second-order valence-electron chi connectivity index (χ2n) is 3.55. The van der Waals surface area contributed by atoms with Gasteiger partial charge in [0, 0.05) is 16.6 Å². The molecule has 0 radical (unpaired) electrons. The highest BCUT2D eigenvalue weighted by molar-refractivity contribution is 6.31. The van der Waals surface area contributed by atoms with Crippen LogP contribution in [0.3, 0.4) is 0 Å². The summed E-state index contributed by atoms with van der Waals surface area (Å²) in [6.07, 6.45) is 0. The lowest BCUT2D eigenvalue weighted by atomic mass is 10.1. The summed E-state index contributed by atoms with van der Waals surface area (Å²) in [4.78, 5) is 0. The van der Waals surface area contributed by atoms with Gasteiger partial charge in [0.05, 0.1) is 6.07 Å². The van der Waals surface area contributed by atoms with Gasteiger partial charge in [-0.2, -0.15) is 5.26 Å². The highest BCUT2D eigenvalue weighted by Crippen LogP contribution is 2.23. The first-order chi connectivity index (χ1) is 7.04. The number of benzene rings is 1. The Morgan fingerprint density at radius 3 is 2.60 bits per heavy atom. The average Bonchev–Trinajstić information content (AvgIpc) is 2.14. The van der Waals surface area contributed by atoms with Gasteiger partial charge in [-0.15, -0.1) is 0 Å². The van der Waals surface area contributed by atoms with E-state index in [1.54, 1.807) is 0 Å². The van der Waals surface area contributed by atoms with Crippen molar-refractivity contribution in [1.29, 1.82) is 5.26 Å². The van der Waals surface area contributed by atoms with Crippen molar-refractivity contribution in [2.24, 2.45) is 0 Å². The van der Waals surface area contributed by atoms with Crippen LogP contribution in [0.15, 0.2) is 18.2 Å². The molecular formula is C11H12ClFN2. The van der Waals surface area contributed by atoms with Crippen molar-refractivity contribution in [3.63, 3.8) is 0 Å². The molecule has 0 heterocycles. The van der Waals surface area contributed by atoms with Gasteiger partial charge in [0.2, 0.25) is 0 Å². The Hall–Kier alpha value is -1.11. The van der Waals surface area contributed by atoms with Crippen LogP contribution >= 0.6 is 11.6 Å². The molecule has 0 saturated carbocycles. The second-order valence-corrected chi connectivity index (χ2v) is 3.96. The van der Waals surface area contributed by atoms with E-state index in [4.69, 9.17) is 16.9 Å². The van der Waals surface area contributed by atoms with Crippen LogP contribution in [0.1, 0.15) is 25.5 Å². The van der Waals surface area contributed by atoms with E-state index in [0.717, 1.165) is 0 Å². The predicted octanol–water partition coefficient (Wildman–Crippen LogP) is 3.04. The summed E-state index contributed by atoms with van der Waals surface area (Å²) in [5.41, 5.74) is 0.606. The maximum atomic E-state index is 12.8. The fourth-order valence-electron chi connectivity index (χ4n) is 1.27. The Bertz CT molecular complexity index is 385. The number of halogens is 2. The quantitative estimate of drug-likeness (QED) is 0.860. The van der Waals surface area contributed by atoms with E-state index >= 15 is 0 Å². The SMILES string of the molecule is CC(C)NC(C#N)c1ccc(F)cc1Cl. The fraction of sp³-hybridized carbons (Fsp3) is 0.364. The van der Waals surface area contributed by atoms with Gasteiger partial charge >= 0.3 is 0 Å². The summed E-state index contributed by atoms with van der Waals surface area (Å²) in [5, 5.41) is 12.3. The van der Waals surface area contributed by atoms with Crippen LogP contribution in [0, 0.1) is 17.1 Å². The summed E-state index contributed by atoms with van der Waals surface area (Å²) in [5.74, 6) is -0.398. The van der Waals surface area contributed by atoms with Gasteiger partial charge < -0.3 is 0 Å². The fourth-order valence-corrected chi connectivity index (χ4v) is 1.54. The summed E-state index contributed by atoms with van der Waals surface area (Å²) in [7, 11) is 0. The van der Waals surface area contributed by atoms with E-state index in [0.29, 0.717) is 5.56 Å². The van der Waals surface area contributed by atoms with E-state index in [-0.39, 0.29) is 11.1 Å². The Labute approximate surface area is 93.7 Å². The van der Waals surface area contributed by atoms with Gasteiger partial charge in [-0.05, 0) is 26.0 Å². The lowest BCUT2D eigenvalue weighted by molar-refractivity contribution is 0.545. The van der Waals surface area contributed by atoms with Crippen molar-refractivity contribution in [1.82, 2.24) is 5.32 Å². The number of nitriles is 1. The Morgan fingerprint density at radius 1 is 1.47 bits per heavy atom. The van der Waals surface area contributed by atoms with E-state index < -0.39 is 11.9 Å². The molecule has 0 aliphatic heterocycles. The van der Waals surface area contributed by atoms with E-state index in [1.165, 1.54) is 18.2 Å². The largest absolute Gasteiger partial charge is 0.296 e. The topological polar surface area (TPSA) is 35.8 Å². The maximum absolute atomic E-state index is 12.8. The molecule has 0 aliphatic carbocycles. The summed E-state index contributed by atoms with van der Waals surface area (Å²) in [6, 6.07) is 5.79. The Morgan fingerprint density at radius 2 is 2.13 bits per heavy atom. The zero-order valence-corrected chi connectivity index (χ0v) is 9.35. The predicted molar refractivity (Wildman–Crippen MR) is 58.0 cm³/mol. The smallest absolute Gasteiger partial charge is 0.124 e. The molecule has 0 amide bonds. The summed E-state index contributed by atoms with van der Waals surface area (Å²) in [6.45, 7) is 3.86. The first-order valence-electron chi connectivity index (χ1n) is 4.65. The number of rotatable bonds is 3. The van der Waals surface area contributed by atoms with Crippen molar-refractivity contribution in [3.8, 4) is 6.07 Å². The molecular weight excluding hydrogens is 215 g/mol. The second kappa shape index (κ2) is 5.11. The Kier molecular flexibility index (Phi) is 4.07. The number of hydrogen-bond acceptors (Lipinski definition) is 2. The molecule has 0 saturated heterocycles. The summed E-state index contributed by atoms with van der Waals surface area (Å²) >= 11 is 5.86. The zero-order chi connectivity index (χ0) is 11.4. The molecule has 0 bridgehead atoms. The van der Waals surface area contributed by atoms with E-state index in [1.807, 2.05) is 13.8 Å². The third-order valence-electron chi connectivity index (χ3n) is 1.90. The van der Waals surface area contributed by atoms with Gasteiger partial charge in [0.25, 0.3) is 0 Å². The average molecular weight is 227 g/mol. The molecule has 15 heavy (non-hydrogen) atoms. The molecule has 1 N–H and O–H groups in total. The van der Waals surface area contributed by atoms with Crippen LogP contribution in [0.4, 0.5) is 4.39 Å². The first-order valence-corrected chi connectivity index (χ1v) is 5.03. The third-order valence-corrected chi connectivity index (χ3v) is 2.23. The first kappa shape index (κ1) is 12.0. The van der Waals surface area contributed by atoms with Crippen LogP contribution in [0.2, 0.25) is 5.02 Å². The van der Waals surface area contributed by atoms with Gasteiger partial charge in [-0.25, -0.2) is 4.39 Å².